The first-order chi connectivity index (χ1) is 12.1. The molecule has 2 aromatic rings. The summed E-state index contributed by atoms with van der Waals surface area (Å²) in [6, 6.07) is 13.9. The molecule has 0 radical (unpaired) electrons. The Morgan fingerprint density at radius 2 is 1.76 bits per heavy atom. The fraction of sp³-hybridized carbons (Fsp3) is 0.263. The van der Waals surface area contributed by atoms with Crippen LogP contribution in [0.25, 0.3) is 0 Å². The van der Waals surface area contributed by atoms with Crippen molar-refractivity contribution in [1.82, 2.24) is 4.90 Å². The van der Waals surface area contributed by atoms with Crippen LogP contribution in [0.3, 0.4) is 0 Å². The van der Waals surface area contributed by atoms with Crippen molar-refractivity contribution in [2.75, 3.05) is 18.4 Å². The number of benzene rings is 2. The molecule has 2 aromatic carbocycles. The van der Waals surface area contributed by atoms with Gasteiger partial charge in [-0.05, 0) is 36.6 Å². The van der Waals surface area contributed by atoms with Crippen molar-refractivity contribution in [2.24, 2.45) is 5.73 Å². The molecule has 3 N–H and O–H groups in total. The zero-order valence-corrected chi connectivity index (χ0v) is 14.5. The molecule has 0 saturated carbocycles. The second-order valence-electron chi connectivity index (χ2n) is 6.08. The Labute approximate surface area is 151 Å². The van der Waals surface area contributed by atoms with Crippen molar-refractivity contribution in [1.29, 1.82) is 0 Å². The Morgan fingerprint density at radius 3 is 2.40 bits per heavy atom. The lowest BCUT2D eigenvalue weighted by Gasteiger charge is -2.25. The molecular weight excluding hydrogens is 338 g/mol. The standard InChI is InChI=1S/C19H20ClN3O2/c20-16-9-8-14(12-15(16)18(21)24)22-17(13-6-2-1-3-7-13)19(25)23-10-4-5-11-23/h1-3,6-9,12,17,22H,4-5,10-11H2,(H2,21,24). The molecule has 1 fully saturated rings. The highest BCUT2D eigenvalue weighted by atomic mass is 35.5. The minimum Gasteiger partial charge on any atom is -0.370 e. The molecule has 0 aromatic heterocycles. The van der Waals surface area contributed by atoms with E-state index in [4.69, 9.17) is 17.3 Å². The number of nitrogens with one attached hydrogen (secondary N) is 1. The molecule has 25 heavy (non-hydrogen) atoms. The van der Waals surface area contributed by atoms with E-state index >= 15 is 0 Å². The Morgan fingerprint density at radius 1 is 1.08 bits per heavy atom. The third-order valence-electron chi connectivity index (χ3n) is 4.34. The lowest BCUT2D eigenvalue weighted by atomic mass is 10.0. The fourth-order valence-corrected chi connectivity index (χ4v) is 3.23. The fourth-order valence-electron chi connectivity index (χ4n) is 3.02. The summed E-state index contributed by atoms with van der Waals surface area (Å²) in [5, 5.41) is 3.53. The monoisotopic (exact) mass is 357 g/mol. The molecule has 0 aliphatic carbocycles. The third kappa shape index (κ3) is 3.94. The maximum atomic E-state index is 13.0. The van der Waals surface area contributed by atoms with Gasteiger partial charge in [-0.2, -0.15) is 0 Å². The summed E-state index contributed by atoms with van der Waals surface area (Å²) in [5.41, 5.74) is 7.08. The van der Waals surface area contributed by atoms with Crippen LogP contribution in [0.5, 0.6) is 0 Å². The average Bonchev–Trinajstić information content (AvgIpc) is 3.15. The molecular formula is C19H20ClN3O2. The summed E-state index contributed by atoms with van der Waals surface area (Å²) in [6.07, 6.45) is 2.06. The summed E-state index contributed by atoms with van der Waals surface area (Å²) in [4.78, 5) is 26.4. The van der Waals surface area contributed by atoms with Gasteiger partial charge in [0, 0.05) is 18.8 Å². The molecule has 2 amide bonds. The largest absolute Gasteiger partial charge is 0.370 e. The summed E-state index contributed by atoms with van der Waals surface area (Å²) in [7, 11) is 0. The van der Waals surface area contributed by atoms with Gasteiger partial charge in [0.15, 0.2) is 0 Å². The molecule has 3 rings (SSSR count). The first-order valence-electron chi connectivity index (χ1n) is 8.26. The number of nitrogens with zero attached hydrogens (tertiary/aromatic N) is 1. The van der Waals surface area contributed by atoms with Gasteiger partial charge in [-0.25, -0.2) is 0 Å². The number of nitrogens with two attached hydrogens (primary N) is 1. The molecule has 0 spiro atoms. The minimum atomic E-state index is -0.601. The second-order valence-corrected chi connectivity index (χ2v) is 6.49. The van der Waals surface area contributed by atoms with Crippen LogP contribution < -0.4 is 11.1 Å². The third-order valence-corrected chi connectivity index (χ3v) is 4.67. The smallest absolute Gasteiger partial charge is 0.250 e. The molecule has 1 unspecified atom stereocenters. The predicted octanol–water partition coefficient (Wildman–Crippen LogP) is 3.21. The van der Waals surface area contributed by atoms with Crippen LogP contribution in [0.2, 0.25) is 5.02 Å². The number of anilines is 1. The highest BCUT2D eigenvalue weighted by Crippen LogP contribution is 2.26. The number of primary amides is 1. The Balaban J connectivity index is 1.91. The van der Waals surface area contributed by atoms with E-state index in [2.05, 4.69) is 5.32 Å². The number of likely N-dealkylation sites (tertiary alicyclic amines) is 1. The number of hydrogen-bond acceptors (Lipinski definition) is 3. The van der Waals surface area contributed by atoms with Gasteiger partial charge < -0.3 is 16.0 Å². The van der Waals surface area contributed by atoms with Crippen LogP contribution >= 0.6 is 11.6 Å². The van der Waals surface area contributed by atoms with Gasteiger partial charge in [0.1, 0.15) is 6.04 Å². The highest BCUT2D eigenvalue weighted by molar-refractivity contribution is 6.33. The molecule has 1 heterocycles. The number of halogens is 1. The lowest BCUT2D eigenvalue weighted by Crippen LogP contribution is -2.36. The van der Waals surface area contributed by atoms with E-state index in [-0.39, 0.29) is 11.5 Å². The molecule has 5 nitrogen and oxygen atoms in total. The van der Waals surface area contributed by atoms with Crippen LogP contribution in [-0.2, 0) is 4.79 Å². The van der Waals surface area contributed by atoms with Crippen LogP contribution in [0.1, 0.15) is 34.8 Å². The number of rotatable bonds is 5. The van der Waals surface area contributed by atoms with Gasteiger partial charge in [0.2, 0.25) is 11.8 Å². The normalized spacial score (nSPS) is 15.0. The maximum Gasteiger partial charge on any atom is 0.250 e. The molecule has 1 aliphatic heterocycles. The number of amides is 2. The summed E-state index contributed by atoms with van der Waals surface area (Å²) >= 11 is 6.01. The summed E-state index contributed by atoms with van der Waals surface area (Å²) < 4.78 is 0. The topological polar surface area (TPSA) is 75.4 Å². The van der Waals surface area contributed by atoms with Crippen LogP contribution in [-0.4, -0.2) is 29.8 Å². The van der Waals surface area contributed by atoms with Gasteiger partial charge in [-0.1, -0.05) is 41.9 Å². The Bertz CT molecular complexity index is 773. The van der Waals surface area contributed by atoms with E-state index in [1.54, 1.807) is 18.2 Å². The van der Waals surface area contributed by atoms with E-state index in [9.17, 15) is 9.59 Å². The first kappa shape index (κ1) is 17.3. The van der Waals surface area contributed by atoms with Gasteiger partial charge in [-0.15, -0.1) is 0 Å². The predicted molar refractivity (Wildman–Crippen MR) is 98.6 cm³/mol. The number of carbonyl (C=O) groups excluding carboxylic acids is 2. The molecule has 1 aliphatic rings. The van der Waals surface area contributed by atoms with Crippen molar-refractivity contribution in [2.45, 2.75) is 18.9 Å². The molecule has 130 valence electrons. The van der Waals surface area contributed by atoms with Crippen LogP contribution in [0.15, 0.2) is 48.5 Å². The Hall–Kier alpha value is -2.53. The SMILES string of the molecule is NC(=O)c1cc(NC(C(=O)N2CCCC2)c2ccccc2)ccc1Cl. The van der Waals surface area contributed by atoms with Gasteiger partial charge in [-0.3, -0.25) is 9.59 Å². The van der Waals surface area contributed by atoms with E-state index < -0.39 is 11.9 Å². The average molecular weight is 358 g/mol. The molecule has 1 atom stereocenters. The second kappa shape index (κ2) is 7.57. The zero-order chi connectivity index (χ0) is 17.8. The Kier molecular flexibility index (Phi) is 5.24. The summed E-state index contributed by atoms with van der Waals surface area (Å²) in [6.45, 7) is 1.55. The molecule has 6 heteroatoms. The lowest BCUT2D eigenvalue weighted by molar-refractivity contribution is -0.131. The van der Waals surface area contributed by atoms with Gasteiger partial charge in [0.25, 0.3) is 0 Å². The van der Waals surface area contributed by atoms with Gasteiger partial charge in [0.05, 0.1) is 10.6 Å². The van der Waals surface area contributed by atoms with Crippen molar-refractivity contribution in [3.63, 3.8) is 0 Å². The number of carbonyl (C=O) groups is 2. The van der Waals surface area contributed by atoms with Gasteiger partial charge >= 0.3 is 0 Å². The van der Waals surface area contributed by atoms with E-state index in [1.165, 1.54) is 0 Å². The maximum absolute atomic E-state index is 13.0. The van der Waals surface area contributed by atoms with Crippen molar-refractivity contribution in [3.05, 3.63) is 64.7 Å². The van der Waals surface area contributed by atoms with Crippen LogP contribution in [0.4, 0.5) is 5.69 Å². The minimum absolute atomic E-state index is 0.0271. The van der Waals surface area contributed by atoms with Crippen molar-refractivity contribution in [3.8, 4) is 0 Å². The quantitative estimate of drug-likeness (QED) is 0.862. The summed E-state index contributed by atoms with van der Waals surface area (Å²) in [5.74, 6) is -0.574. The van der Waals surface area contributed by atoms with Crippen LogP contribution in [0, 0.1) is 0 Å². The molecule has 1 saturated heterocycles. The van der Waals surface area contributed by atoms with E-state index in [0.29, 0.717) is 10.7 Å². The van der Waals surface area contributed by atoms with Crippen molar-refractivity contribution < 1.29 is 9.59 Å². The number of hydrogen-bond donors (Lipinski definition) is 2. The first-order valence-corrected chi connectivity index (χ1v) is 8.63. The molecule has 0 bridgehead atoms. The van der Waals surface area contributed by atoms with Crippen molar-refractivity contribution >= 4 is 29.1 Å². The zero-order valence-electron chi connectivity index (χ0n) is 13.7. The van der Waals surface area contributed by atoms with E-state index in [0.717, 1.165) is 31.5 Å². The van der Waals surface area contributed by atoms with E-state index in [1.807, 2.05) is 35.2 Å². The highest BCUT2D eigenvalue weighted by Gasteiger charge is 2.28.